The Morgan fingerprint density at radius 3 is 2.59 bits per heavy atom. The second-order valence-electron chi connectivity index (χ2n) is 6.97. The number of hydrogen-bond acceptors (Lipinski definition) is 4. The molecule has 0 bridgehead atoms. The zero-order chi connectivity index (χ0) is 19.2. The highest BCUT2D eigenvalue weighted by Crippen LogP contribution is 2.40. The van der Waals surface area contributed by atoms with Gasteiger partial charge in [0.05, 0.1) is 18.1 Å². The molecule has 3 atom stereocenters. The van der Waals surface area contributed by atoms with Gasteiger partial charge in [-0.3, -0.25) is 4.79 Å². The molecule has 1 amide bonds. The van der Waals surface area contributed by atoms with E-state index in [0.29, 0.717) is 13.0 Å². The van der Waals surface area contributed by atoms with E-state index >= 15 is 0 Å². The van der Waals surface area contributed by atoms with Gasteiger partial charge in [0.15, 0.2) is 0 Å². The van der Waals surface area contributed by atoms with E-state index in [9.17, 15) is 18.0 Å². The summed E-state index contributed by atoms with van der Waals surface area (Å²) in [4.78, 5) is 23.7. The lowest BCUT2D eigenvalue weighted by molar-refractivity contribution is -0.141. The molecule has 2 aliphatic heterocycles. The molecular formula is C19H19F3N4O. The molecule has 8 heteroatoms. The van der Waals surface area contributed by atoms with E-state index in [0.717, 1.165) is 18.0 Å². The first kappa shape index (κ1) is 17.8. The van der Waals surface area contributed by atoms with Crippen molar-refractivity contribution in [3.05, 3.63) is 54.0 Å². The largest absolute Gasteiger partial charge is 0.433 e. The zero-order valence-corrected chi connectivity index (χ0v) is 14.7. The van der Waals surface area contributed by atoms with E-state index in [1.54, 1.807) is 0 Å². The van der Waals surface area contributed by atoms with Gasteiger partial charge in [0.1, 0.15) is 17.8 Å². The Morgan fingerprint density at radius 2 is 1.89 bits per heavy atom. The Bertz CT molecular complexity index is 842. The number of halogens is 3. The third-order valence-corrected chi connectivity index (χ3v) is 5.48. The lowest BCUT2D eigenvalue weighted by Gasteiger charge is -2.31. The smallest absolute Gasteiger partial charge is 0.351 e. The predicted octanol–water partition coefficient (Wildman–Crippen LogP) is 3.44. The molecule has 1 aromatic heterocycles. The molecule has 2 fully saturated rings. The van der Waals surface area contributed by atoms with Crippen molar-refractivity contribution in [1.82, 2.24) is 14.9 Å². The Hall–Kier alpha value is -2.64. The molecule has 5 nitrogen and oxygen atoms in total. The lowest BCUT2D eigenvalue weighted by Crippen LogP contribution is -2.39. The van der Waals surface area contributed by atoms with E-state index in [2.05, 4.69) is 9.97 Å². The van der Waals surface area contributed by atoms with Crippen molar-refractivity contribution in [2.45, 2.75) is 44.1 Å². The summed E-state index contributed by atoms with van der Waals surface area (Å²) < 4.78 is 38.9. The van der Waals surface area contributed by atoms with Crippen molar-refractivity contribution in [3.63, 3.8) is 0 Å². The van der Waals surface area contributed by atoms with Crippen LogP contribution in [0.1, 0.15) is 37.1 Å². The Balaban J connectivity index is 1.59. The fraction of sp³-hybridized carbons (Fsp3) is 0.421. The molecule has 0 spiro atoms. The van der Waals surface area contributed by atoms with Crippen LogP contribution in [0.4, 0.5) is 19.0 Å². The standard InChI is InChI=1S/C19H19F3N4O/c1-12(13-5-3-2-4-6-13)26-14-7-8-25(15(14)9-18(26)27)17-10-16(19(20,21)22)23-11-24-17/h2-6,10-12,14-15H,7-9H2,1H3/t12?,14-,15-/m0/s1. The third-order valence-electron chi connectivity index (χ3n) is 5.48. The van der Waals surface area contributed by atoms with Crippen LogP contribution in [-0.4, -0.2) is 39.4 Å². The van der Waals surface area contributed by atoms with E-state index in [-0.39, 0.29) is 36.3 Å². The summed E-state index contributed by atoms with van der Waals surface area (Å²) in [7, 11) is 0. The summed E-state index contributed by atoms with van der Waals surface area (Å²) in [6.07, 6.45) is -2.59. The number of anilines is 1. The summed E-state index contributed by atoms with van der Waals surface area (Å²) in [6.45, 7) is 2.56. The fourth-order valence-corrected chi connectivity index (χ4v) is 4.22. The van der Waals surface area contributed by atoms with Crippen LogP contribution in [0.15, 0.2) is 42.7 Å². The maximum atomic E-state index is 13.0. The summed E-state index contributed by atoms with van der Waals surface area (Å²) in [5, 5.41) is 0. The second kappa shape index (κ2) is 6.51. The van der Waals surface area contributed by atoms with Gasteiger partial charge in [-0.1, -0.05) is 30.3 Å². The van der Waals surface area contributed by atoms with Crippen molar-refractivity contribution in [3.8, 4) is 0 Å². The van der Waals surface area contributed by atoms with Gasteiger partial charge < -0.3 is 9.80 Å². The van der Waals surface area contributed by atoms with Crippen molar-refractivity contribution < 1.29 is 18.0 Å². The molecule has 4 rings (SSSR count). The molecule has 2 aliphatic rings. The summed E-state index contributed by atoms with van der Waals surface area (Å²) in [6, 6.07) is 10.5. The molecular weight excluding hydrogens is 357 g/mol. The number of carbonyl (C=O) groups is 1. The van der Waals surface area contributed by atoms with E-state index in [1.807, 2.05) is 47.1 Å². The maximum absolute atomic E-state index is 13.0. The van der Waals surface area contributed by atoms with Gasteiger partial charge in [0.2, 0.25) is 5.91 Å². The number of carbonyl (C=O) groups excluding carboxylic acids is 1. The molecule has 0 saturated carbocycles. The summed E-state index contributed by atoms with van der Waals surface area (Å²) in [5.74, 6) is 0.253. The van der Waals surface area contributed by atoms with Gasteiger partial charge >= 0.3 is 6.18 Å². The number of benzene rings is 1. The van der Waals surface area contributed by atoms with Gasteiger partial charge in [-0.2, -0.15) is 13.2 Å². The van der Waals surface area contributed by atoms with Crippen LogP contribution in [0, 0.1) is 0 Å². The number of amides is 1. The first-order chi connectivity index (χ1) is 12.9. The van der Waals surface area contributed by atoms with Gasteiger partial charge in [0.25, 0.3) is 0 Å². The highest BCUT2D eigenvalue weighted by Gasteiger charge is 2.49. The second-order valence-corrected chi connectivity index (χ2v) is 6.97. The minimum atomic E-state index is -4.52. The average molecular weight is 376 g/mol. The van der Waals surface area contributed by atoms with Crippen LogP contribution in [0.3, 0.4) is 0 Å². The van der Waals surface area contributed by atoms with Crippen LogP contribution in [0.2, 0.25) is 0 Å². The van der Waals surface area contributed by atoms with Crippen molar-refractivity contribution in [2.24, 2.45) is 0 Å². The van der Waals surface area contributed by atoms with Crippen molar-refractivity contribution in [2.75, 3.05) is 11.4 Å². The molecule has 1 aromatic carbocycles. The normalized spacial score (nSPS) is 23.6. The first-order valence-electron chi connectivity index (χ1n) is 8.88. The Morgan fingerprint density at radius 1 is 1.15 bits per heavy atom. The van der Waals surface area contributed by atoms with Gasteiger partial charge in [-0.05, 0) is 18.9 Å². The van der Waals surface area contributed by atoms with E-state index in [1.165, 1.54) is 0 Å². The van der Waals surface area contributed by atoms with Crippen LogP contribution in [-0.2, 0) is 11.0 Å². The Labute approximate surface area is 154 Å². The van der Waals surface area contributed by atoms with Crippen molar-refractivity contribution >= 4 is 11.7 Å². The predicted molar refractivity (Wildman–Crippen MR) is 92.9 cm³/mol. The quantitative estimate of drug-likeness (QED) is 0.824. The monoisotopic (exact) mass is 376 g/mol. The topological polar surface area (TPSA) is 49.3 Å². The number of fused-ring (bicyclic) bond motifs is 1. The molecule has 1 unspecified atom stereocenters. The van der Waals surface area contributed by atoms with Gasteiger partial charge in [-0.25, -0.2) is 9.97 Å². The number of alkyl halides is 3. The van der Waals surface area contributed by atoms with Crippen LogP contribution in [0.25, 0.3) is 0 Å². The lowest BCUT2D eigenvalue weighted by atomic mass is 10.0. The average Bonchev–Trinajstić information content (AvgIpc) is 3.19. The highest BCUT2D eigenvalue weighted by atomic mass is 19.4. The molecule has 2 saturated heterocycles. The maximum Gasteiger partial charge on any atom is 0.433 e. The fourth-order valence-electron chi connectivity index (χ4n) is 4.22. The summed E-state index contributed by atoms with van der Waals surface area (Å²) >= 11 is 0. The SMILES string of the molecule is CC(c1ccccc1)N1C(=O)C[C@H]2[C@@H]1CCN2c1cc(C(F)(F)F)ncn1. The highest BCUT2D eigenvalue weighted by molar-refractivity contribution is 5.82. The molecule has 27 heavy (non-hydrogen) atoms. The molecule has 0 N–H and O–H groups in total. The zero-order valence-electron chi connectivity index (χ0n) is 14.7. The van der Waals surface area contributed by atoms with Crippen LogP contribution in [0.5, 0.6) is 0 Å². The number of nitrogens with zero attached hydrogens (tertiary/aromatic N) is 4. The van der Waals surface area contributed by atoms with E-state index in [4.69, 9.17) is 0 Å². The van der Waals surface area contributed by atoms with Gasteiger partial charge in [-0.15, -0.1) is 0 Å². The molecule has 0 aliphatic carbocycles. The minimum absolute atomic E-state index is 0.0242. The van der Waals surface area contributed by atoms with Crippen LogP contribution < -0.4 is 4.90 Å². The number of aromatic nitrogens is 2. The molecule has 142 valence electrons. The minimum Gasteiger partial charge on any atom is -0.351 e. The third kappa shape index (κ3) is 3.13. The number of likely N-dealkylation sites (tertiary alicyclic amines) is 1. The Kier molecular flexibility index (Phi) is 4.28. The van der Waals surface area contributed by atoms with Gasteiger partial charge in [0, 0.05) is 19.0 Å². The van der Waals surface area contributed by atoms with Crippen molar-refractivity contribution in [1.29, 1.82) is 0 Å². The number of hydrogen-bond donors (Lipinski definition) is 0. The molecule has 0 radical (unpaired) electrons. The van der Waals surface area contributed by atoms with E-state index < -0.39 is 11.9 Å². The van der Waals surface area contributed by atoms with Crippen LogP contribution >= 0.6 is 0 Å². The molecule has 3 heterocycles. The number of rotatable bonds is 3. The molecule has 2 aromatic rings. The first-order valence-corrected chi connectivity index (χ1v) is 8.88. The summed E-state index contributed by atoms with van der Waals surface area (Å²) in [5.41, 5.74) is 0.0844.